The van der Waals surface area contributed by atoms with Gasteiger partial charge >= 0.3 is 0 Å². The van der Waals surface area contributed by atoms with E-state index < -0.39 is 0 Å². The lowest BCUT2D eigenvalue weighted by atomic mass is 10.1. The molecular formula is C6H7ClN2O. The molecule has 10 heavy (non-hydrogen) atoms. The summed E-state index contributed by atoms with van der Waals surface area (Å²) in [5.41, 5.74) is 1.02. The van der Waals surface area contributed by atoms with Gasteiger partial charge in [-0.25, -0.2) is 0 Å². The highest BCUT2D eigenvalue weighted by Crippen LogP contribution is 2.21. The number of aromatic nitrogens is 1. The molecule has 0 saturated carbocycles. The van der Waals surface area contributed by atoms with Crippen molar-refractivity contribution in [3.05, 3.63) is 16.5 Å². The topological polar surface area (TPSA) is 38.1 Å². The maximum Gasteiger partial charge on any atom is 0.176 e. The third-order valence-electron chi connectivity index (χ3n) is 1.65. The lowest BCUT2D eigenvalue weighted by molar-refractivity contribution is 0.372. The molecule has 2 rings (SSSR count). The normalized spacial score (nSPS) is 16.9. The molecule has 1 aliphatic heterocycles. The van der Waals surface area contributed by atoms with Crippen molar-refractivity contribution in [2.75, 3.05) is 6.54 Å². The van der Waals surface area contributed by atoms with Gasteiger partial charge in [-0.05, 0) is 0 Å². The van der Waals surface area contributed by atoms with E-state index in [0.29, 0.717) is 5.15 Å². The van der Waals surface area contributed by atoms with Crippen LogP contribution in [0.5, 0.6) is 0 Å². The summed E-state index contributed by atoms with van der Waals surface area (Å²) in [7, 11) is 0. The average molecular weight is 159 g/mol. The van der Waals surface area contributed by atoms with Crippen LogP contribution in [0, 0.1) is 0 Å². The summed E-state index contributed by atoms with van der Waals surface area (Å²) in [5, 5.41) is 7.33. The summed E-state index contributed by atoms with van der Waals surface area (Å²) in [4.78, 5) is 0. The van der Waals surface area contributed by atoms with Crippen LogP contribution >= 0.6 is 11.6 Å². The smallest absolute Gasteiger partial charge is 0.176 e. The van der Waals surface area contributed by atoms with Crippen molar-refractivity contribution in [2.45, 2.75) is 13.0 Å². The summed E-state index contributed by atoms with van der Waals surface area (Å²) >= 11 is 5.71. The number of fused-ring (bicyclic) bond motifs is 1. The van der Waals surface area contributed by atoms with Gasteiger partial charge in [0.25, 0.3) is 0 Å². The number of rotatable bonds is 0. The van der Waals surface area contributed by atoms with Gasteiger partial charge in [-0.1, -0.05) is 16.8 Å². The molecule has 0 amide bonds. The Labute approximate surface area is 63.3 Å². The van der Waals surface area contributed by atoms with Gasteiger partial charge in [-0.15, -0.1) is 0 Å². The largest absolute Gasteiger partial charge is 0.359 e. The maximum absolute atomic E-state index is 5.71. The minimum absolute atomic E-state index is 0.502. The van der Waals surface area contributed by atoms with Gasteiger partial charge in [-0.3, -0.25) is 0 Å². The van der Waals surface area contributed by atoms with Crippen LogP contribution in [-0.2, 0) is 13.0 Å². The van der Waals surface area contributed by atoms with Crippen LogP contribution in [0.15, 0.2) is 4.52 Å². The van der Waals surface area contributed by atoms with Crippen molar-refractivity contribution in [1.29, 1.82) is 0 Å². The molecule has 1 aromatic rings. The second kappa shape index (κ2) is 2.25. The Kier molecular flexibility index (Phi) is 1.39. The quantitative estimate of drug-likeness (QED) is 0.612. The molecule has 0 unspecified atom stereocenters. The minimum atomic E-state index is 0.502. The molecule has 0 bridgehead atoms. The molecule has 0 aliphatic carbocycles. The van der Waals surface area contributed by atoms with E-state index in [-0.39, 0.29) is 0 Å². The van der Waals surface area contributed by atoms with Gasteiger partial charge in [-0.2, -0.15) is 0 Å². The predicted octanol–water partition coefficient (Wildman–Crippen LogP) is 0.974. The second-order valence-electron chi connectivity index (χ2n) is 2.30. The van der Waals surface area contributed by atoms with Gasteiger partial charge in [0.1, 0.15) is 5.76 Å². The number of halogens is 1. The first-order chi connectivity index (χ1) is 4.88. The molecule has 1 aromatic heterocycles. The molecule has 0 radical (unpaired) electrons. The Morgan fingerprint density at radius 2 is 2.50 bits per heavy atom. The molecule has 0 saturated heterocycles. The Morgan fingerprint density at radius 3 is 3.30 bits per heavy atom. The van der Waals surface area contributed by atoms with Crippen LogP contribution in [0.2, 0.25) is 5.15 Å². The van der Waals surface area contributed by atoms with Crippen molar-refractivity contribution < 1.29 is 4.52 Å². The van der Waals surface area contributed by atoms with E-state index in [2.05, 4.69) is 10.5 Å². The van der Waals surface area contributed by atoms with Crippen molar-refractivity contribution in [2.24, 2.45) is 0 Å². The Bertz CT molecular complexity index is 246. The average Bonchev–Trinajstić information content (AvgIpc) is 2.34. The monoisotopic (exact) mass is 158 g/mol. The molecule has 2 heterocycles. The van der Waals surface area contributed by atoms with Crippen LogP contribution in [0.1, 0.15) is 11.3 Å². The first-order valence-electron chi connectivity index (χ1n) is 3.21. The minimum Gasteiger partial charge on any atom is -0.359 e. The molecule has 0 aromatic carbocycles. The molecule has 1 N–H and O–H groups in total. The zero-order chi connectivity index (χ0) is 6.97. The second-order valence-corrected chi connectivity index (χ2v) is 2.66. The summed E-state index contributed by atoms with van der Waals surface area (Å²) in [5.74, 6) is 0.934. The zero-order valence-electron chi connectivity index (χ0n) is 5.35. The molecule has 1 aliphatic rings. The lowest BCUT2D eigenvalue weighted by Gasteiger charge is -2.08. The highest BCUT2D eigenvalue weighted by Gasteiger charge is 2.16. The van der Waals surface area contributed by atoms with Gasteiger partial charge in [0.2, 0.25) is 0 Å². The Morgan fingerprint density at radius 1 is 1.60 bits per heavy atom. The molecule has 54 valence electrons. The molecule has 0 atom stereocenters. The third kappa shape index (κ3) is 0.822. The molecule has 3 nitrogen and oxygen atoms in total. The van der Waals surface area contributed by atoms with Crippen molar-refractivity contribution >= 4 is 11.6 Å². The van der Waals surface area contributed by atoms with E-state index in [1.165, 1.54) is 0 Å². The number of hydrogen-bond acceptors (Lipinski definition) is 3. The molecule has 0 spiro atoms. The fourth-order valence-electron chi connectivity index (χ4n) is 1.10. The van der Waals surface area contributed by atoms with Crippen LogP contribution in [0.25, 0.3) is 0 Å². The highest BCUT2D eigenvalue weighted by atomic mass is 35.5. The summed E-state index contributed by atoms with van der Waals surface area (Å²) in [6.07, 6.45) is 0.898. The number of nitrogens with zero attached hydrogens (tertiary/aromatic N) is 1. The predicted molar refractivity (Wildman–Crippen MR) is 36.9 cm³/mol. The van der Waals surface area contributed by atoms with Crippen molar-refractivity contribution in [3.8, 4) is 0 Å². The summed E-state index contributed by atoms with van der Waals surface area (Å²) in [6, 6.07) is 0. The van der Waals surface area contributed by atoms with E-state index in [0.717, 1.165) is 30.8 Å². The zero-order valence-corrected chi connectivity index (χ0v) is 6.11. The number of hydrogen-bond donors (Lipinski definition) is 1. The van der Waals surface area contributed by atoms with E-state index in [9.17, 15) is 0 Å². The van der Waals surface area contributed by atoms with E-state index in [1.54, 1.807) is 0 Å². The van der Waals surface area contributed by atoms with Crippen molar-refractivity contribution in [3.63, 3.8) is 0 Å². The van der Waals surface area contributed by atoms with Crippen LogP contribution in [0.4, 0.5) is 0 Å². The van der Waals surface area contributed by atoms with Gasteiger partial charge < -0.3 is 9.84 Å². The fraction of sp³-hybridized carbons (Fsp3) is 0.500. The van der Waals surface area contributed by atoms with Gasteiger partial charge in [0, 0.05) is 25.1 Å². The lowest BCUT2D eigenvalue weighted by Crippen LogP contribution is -2.22. The van der Waals surface area contributed by atoms with Gasteiger partial charge in [0.05, 0.1) is 0 Å². The highest BCUT2D eigenvalue weighted by molar-refractivity contribution is 6.30. The van der Waals surface area contributed by atoms with Crippen LogP contribution < -0.4 is 5.32 Å². The Balaban J connectivity index is 2.45. The number of nitrogens with one attached hydrogen (secondary N) is 1. The van der Waals surface area contributed by atoms with E-state index in [1.807, 2.05) is 0 Å². The summed E-state index contributed by atoms with van der Waals surface area (Å²) in [6.45, 7) is 1.75. The Hall–Kier alpha value is -0.540. The maximum atomic E-state index is 5.71. The van der Waals surface area contributed by atoms with E-state index >= 15 is 0 Å². The van der Waals surface area contributed by atoms with Crippen molar-refractivity contribution in [1.82, 2.24) is 10.5 Å². The van der Waals surface area contributed by atoms with Gasteiger partial charge in [0.15, 0.2) is 5.15 Å². The molecule has 4 heteroatoms. The first kappa shape index (κ1) is 6.19. The van der Waals surface area contributed by atoms with E-state index in [4.69, 9.17) is 16.1 Å². The standard InChI is InChI=1S/C6H7ClN2O/c7-6-4-3-8-2-1-5(4)10-9-6/h8H,1-3H2. The molecule has 0 fully saturated rings. The van der Waals surface area contributed by atoms with Crippen LogP contribution in [-0.4, -0.2) is 11.7 Å². The van der Waals surface area contributed by atoms with Crippen LogP contribution in [0.3, 0.4) is 0 Å². The fourth-order valence-corrected chi connectivity index (χ4v) is 1.31. The summed E-state index contributed by atoms with van der Waals surface area (Å²) < 4.78 is 4.96. The third-order valence-corrected chi connectivity index (χ3v) is 1.95. The molecular weight excluding hydrogens is 152 g/mol. The SMILES string of the molecule is Clc1noc2c1CNCC2. The first-order valence-corrected chi connectivity index (χ1v) is 3.59.